The number of carbonyl (C=O) groups excluding carboxylic acids is 1. The van der Waals surface area contributed by atoms with E-state index in [0.717, 1.165) is 0 Å². The summed E-state index contributed by atoms with van der Waals surface area (Å²) in [5.74, 6) is 0.474. The second kappa shape index (κ2) is 10.0. The molecule has 2 N–H and O–H groups in total. The van der Waals surface area contributed by atoms with Crippen LogP contribution in [0.5, 0.6) is 0 Å². The minimum Gasteiger partial charge on any atom is -0.469 e. The lowest BCUT2D eigenvalue weighted by atomic mass is 10.4. The molecular formula is C9H20IN3O2. The molecule has 0 aromatic heterocycles. The summed E-state index contributed by atoms with van der Waals surface area (Å²) in [5, 5.41) is 6.11. The van der Waals surface area contributed by atoms with Crippen molar-refractivity contribution in [1.29, 1.82) is 0 Å². The van der Waals surface area contributed by atoms with Crippen molar-refractivity contribution in [2.45, 2.75) is 26.3 Å². The smallest absolute Gasteiger partial charge is 0.307 e. The maximum Gasteiger partial charge on any atom is 0.307 e. The first-order chi connectivity index (χ1) is 6.60. The van der Waals surface area contributed by atoms with Crippen molar-refractivity contribution < 1.29 is 9.53 Å². The van der Waals surface area contributed by atoms with E-state index in [0.29, 0.717) is 25.0 Å². The fourth-order valence-corrected chi connectivity index (χ4v) is 0.853. The van der Waals surface area contributed by atoms with Crippen LogP contribution in [0.1, 0.15) is 20.3 Å². The molecule has 0 aliphatic rings. The topological polar surface area (TPSA) is 62.7 Å². The molecule has 0 spiro atoms. The molecule has 0 unspecified atom stereocenters. The van der Waals surface area contributed by atoms with Crippen LogP contribution in [-0.4, -0.2) is 38.7 Å². The number of hydrogen-bond donors (Lipinski definition) is 2. The van der Waals surface area contributed by atoms with Crippen LogP contribution in [-0.2, 0) is 9.53 Å². The van der Waals surface area contributed by atoms with Gasteiger partial charge in [0, 0.05) is 19.6 Å². The highest BCUT2D eigenvalue weighted by molar-refractivity contribution is 14.0. The number of hydrogen-bond acceptors (Lipinski definition) is 3. The van der Waals surface area contributed by atoms with Gasteiger partial charge in [-0.3, -0.25) is 9.79 Å². The molecule has 0 bridgehead atoms. The Morgan fingerprint density at radius 2 is 2.07 bits per heavy atom. The van der Waals surface area contributed by atoms with Gasteiger partial charge in [-0.05, 0) is 13.8 Å². The summed E-state index contributed by atoms with van der Waals surface area (Å²) in [4.78, 5) is 14.8. The van der Waals surface area contributed by atoms with Crippen LogP contribution >= 0.6 is 24.0 Å². The van der Waals surface area contributed by atoms with Crippen LogP contribution in [0.25, 0.3) is 0 Å². The fraction of sp³-hybridized carbons (Fsp3) is 0.778. The average Bonchev–Trinajstić information content (AvgIpc) is 2.15. The molecule has 0 atom stereocenters. The van der Waals surface area contributed by atoms with Gasteiger partial charge >= 0.3 is 5.97 Å². The van der Waals surface area contributed by atoms with Crippen LogP contribution in [0.15, 0.2) is 4.99 Å². The largest absolute Gasteiger partial charge is 0.469 e. The Hall–Kier alpha value is -0.530. The number of rotatable bonds is 4. The van der Waals surface area contributed by atoms with Crippen molar-refractivity contribution in [2.24, 2.45) is 4.99 Å². The number of carbonyl (C=O) groups is 1. The molecule has 90 valence electrons. The van der Waals surface area contributed by atoms with Gasteiger partial charge in [0.2, 0.25) is 0 Å². The van der Waals surface area contributed by atoms with E-state index in [1.807, 2.05) is 13.8 Å². The maximum atomic E-state index is 10.8. The summed E-state index contributed by atoms with van der Waals surface area (Å²) in [7, 11) is 3.07. The average molecular weight is 329 g/mol. The van der Waals surface area contributed by atoms with Gasteiger partial charge in [-0.1, -0.05) is 0 Å². The lowest BCUT2D eigenvalue weighted by molar-refractivity contribution is -0.140. The van der Waals surface area contributed by atoms with E-state index in [4.69, 9.17) is 0 Å². The molecule has 0 aromatic rings. The Balaban J connectivity index is 0. The van der Waals surface area contributed by atoms with Gasteiger partial charge in [0.05, 0.1) is 13.5 Å². The molecule has 5 nitrogen and oxygen atoms in total. The Kier molecular flexibility index (Phi) is 11.3. The predicted molar refractivity (Wildman–Crippen MR) is 71.7 cm³/mol. The lowest BCUT2D eigenvalue weighted by Gasteiger charge is -2.13. The molecular weight excluding hydrogens is 309 g/mol. The molecule has 0 aromatic carbocycles. The van der Waals surface area contributed by atoms with E-state index in [-0.39, 0.29) is 29.9 Å². The van der Waals surface area contributed by atoms with Crippen LogP contribution in [0.4, 0.5) is 0 Å². The Bertz CT molecular complexity index is 208. The molecule has 0 aliphatic heterocycles. The zero-order valence-electron chi connectivity index (χ0n) is 9.66. The van der Waals surface area contributed by atoms with Gasteiger partial charge in [0.15, 0.2) is 5.96 Å². The highest BCUT2D eigenvalue weighted by atomic mass is 127. The van der Waals surface area contributed by atoms with E-state index in [9.17, 15) is 4.79 Å². The molecule has 0 amide bonds. The number of halogens is 1. The van der Waals surface area contributed by atoms with E-state index in [1.54, 1.807) is 7.05 Å². The van der Waals surface area contributed by atoms with Gasteiger partial charge in [-0.2, -0.15) is 0 Å². The highest BCUT2D eigenvalue weighted by Crippen LogP contribution is 1.82. The molecule has 0 saturated heterocycles. The maximum absolute atomic E-state index is 10.8. The van der Waals surface area contributed by atoms with Crippen LogP contribution in [0.2, 0.25) is 0 Å². The van der Waals surface area contributed by atoms with E-state index in [2.05, 4.69) is 20.4 Å². The molecule has 15 heavy (non-hydrogen) atoms. The lowest BCUT2D eigenvalue weighted by Crippen LogP contribution is -2.41. The zero-order chi connectivity index (χ0) is 11.0. The van der Waals surface area contributed by atoms with Crippen LogP contribution < -0.4 is 10.6 Å². The SMILES string of the molecule is CN=C(NCCC(=O)OC)NC(C)C.I. The van der Waals surface area contributed by atoms with Gasteiger partial charge in [0.1, 0.15) is 0 Å². The first kappa shape index (κ1) is 16.9. The van der Waals surface area contributed by atoms with Gasteiger partial charge in [0.25, 0.3) is 0 Å². The fourth-order valence-electron chi connectivity index (χ4n) is 0.853. The molecule has 0 aliphatic carbocycles. The van der Waals surface area contributed by atoms with Crippen molar-refractivity contribution in [1.82, 2.24) is 10.6 Å². The van der Waals surface area contributed by atoms with Crippen molar-refractivity contribution in [3.05, 3.63) is 0 Å². The molecule has 0 heterocycles. The molecule has 0 saturated carbocycles. The van der Waals surface area contributed by atoms with E-state index >= 15 is 0 Å². The number of ether oxygens (including phenoxy) is 1. The predicted octanol–water partition coefficient (Wildman–Crippen LogP) is 0.741. The number of guanidine groups is 1. The monoisotopic (exact) mass is 329 g/mol. The third kappa shape index (κ3) is 9.77. The number of esters is 1. The molecule has 0 fully saturated rings. The van der Waals surface area contributed by atoms with Gasteiger partial charge < -0.3 is 15.4 Å². The van der Waals surface area contributed by atoms with Crippen LogP contribution in [0.3, 0.4) is 0 Å². The standard InChI is InChI=1S/C9H19N3O2.HI/c1-7(2)12-9(10-3)11-6-5-8(13)14-4;/h7H,5-6H2,1-4H3,(H2,10,11,12);1H. The van der Waals surface area contributed by atoms with Crippen LogP contribution in [0, 0.1) is 0 Å². The summed E-state index contributed by atoms with van der Waals surface area (Å²) in [5.41, 5.74) is 0. The summed E-state index contributed by atoms with van der Waals surface area (Å²) < 4.78 is 4.51. The van der Waals surface area contributed by atoms with Gasteiger partial charge in [-0.15, -0.1) is 24.0 Å². The summed E-state index contributed by atoms with van der Waals surface area (Å²) in [6, 6.07) is 0.319. The molecule has 0 rings (SSSR count). The first-order valence-electron chi connectivity index (χ1n) is 4.64. The molecule has 6 heteroatoms. The third-order valence-electron chi connectivity index (χ3n) is 1.50. The highest BCUT2D eigenvalue weighted by Gasteiger charge is 2.02. The molecule has 0 radical (unpaired) electrons. The Morgan fingerprint density at radius 1 is 1.47 bits per heavy atom. The first-order valence-corrected chi connectivity index (χ1v) is 4.64. The third-order valence-corrected chi connectivity index (χ3v) is 1.50. The summed E-state index contributed by atoms with van der Waals surface area (Å²) in [6.07, 6.45) is 0.343. The Labute approximate surface area is 108 Å². The second-order valence-electron chi connectivity index (χ2n) is 3.12. The van der Waals surface area contributed by atoms with E-state index < -0.39 is 0 Å². The number of nitrogens with zero attached hydrogens (tertiary/aromatic N) is 1. The number of nitrogens with one attached hydrogen (secondary N) is 2. The summed E-state index contributed by atoms with van der Waals surface area (Å²) >= 11 is 0. The minimum absolute atomic E-state index is 0. The zero-order valence-corrected chi connectivity index (χ0v) is 12.0. The second-order valence-corrected chi connectivity index (χ2v) is 3.12. The van der Waals surface area contributed by atoms with Crippen molar-refractivity contribution in [2.75, 3.05) is 20.7 Å². The minimum atomic E-state index is -0.225. The normalized spacial score (nSPS) is 10.6. The quantitative estimate of drug-likeness (QED) is 0.346. The Morgan fingerprint density at radius 3 is 2.47 bits per heavy atom. The van der Waals surface area contributed by atoms with Crippen molar-refractivity contribution >= 4 is 35.9 Å². The van der Waals surface area contributed by atoms with Crippen molar-refractivity contribution in [3.63, 3.8) is 0 Å². The van der Waals surface area contributed by atoms with E-state index in [1.165, 1.54) is 7.11 Å². The number of methoxy groups -OCH3 is 1. The van der Waals surface area contributed by atoms with Crippen molar-refractivity contribution in [3.8, 4) is 0 Å². The van der Waals surface area contributed by atoms with Gasteiger partial charge in [-0.25, -0.2) is 0 Å². The number of aliphatic imine (C=N–C) groups is 1. The summed E-state index contributed by atoms with van der Waals surface area (Å²) in [6.45, 7) is 4.57.